The van der Waals surface area contributed by atoms with Crippen LogP contribution in [0.15, 0.2) is 77.9 Å². The lowest BCUT2D eigenvalue weighted by atomic mass is 10.2. The summed E-state index contributed by atoms with van der Waals surface area (Å²) in [5.41, 5.74) is 5.26. The molecule has 7 heteroatoms. The predicted octanol–water partition coefficient (Wildman–Crippen LogP) is 4.81. The van der Waals surface area contributed by atoms with Gasteiger partial charge in [-0.05, 0) is 54.1 Å². The van der Waals surface area contributed by atoms with Gasteiger partial charge in [0.1, 0.15) is 0 Å². The molecule has 3 aromatic carbocycles. The Labute approximate surface area is 174 Å². The number of ether oxygens (including phenoxy) is 2. The number of nitrogens with one attached hydrogen (secondary N) is 2. The highest BCUT2D eigenvalue weighted by molar-refractivity contribution is 6.30. The van der Waals surface area contributed by atoms with E-state index in [1.807, 2.05) is 36.4 Å². The van der Waals surface area contributed by atoms with E-state index in [4.69, 9.17) is 21.1 Å². The van der Waals surface area contributed by atoms with Crippen LogP contribution in [0.3, 0.4) is 0 Å². The maximum Gasteiger partial charge on any atom is 0.262 e. The number of anilines is 2. The summed E-state index contributed by atoms with van der Waals surface area (Å²) >= 11 is 5.91. The molecule has 0 aliphatic rings. The summed E-state index contributed by atoms with van der Waals surface area (Å²) < 4.78 is 11.0. The number of carbonyl (C=O) groups excluding carboxylic acids is 1. The van der Waals surface area contributed by atoms with Crippen LogP contribution < -0.4 is 20.2 Å². The van der Waals surface area contributed by atoms with Crippen LogP contribution in [0.4, 0.5) is 11.4 Å². The lowest BCUT2D eigenvalue weighted by Gasteiger charge is -2.11. The minimum atomic E-state index is -0.299. The molecule has 0 spiro atoms. The molecule has 0 unspecified atom stereocenters. The summed E-state index contributed by atoms with van der Waals surface area (Å²) in [5.74, 6) is 0.665. The second-order valence-electron chi connectivity index (χ2n) is 5.99. The molecule has 0 aliphatic heterocycles. The number of amides is 1. The maximum atomic E-state index is 12.1. The van der Waals surface area contributed by atoms with E-state index in [1.54, 1.807) is 42.6 Å². The molecule has 0 aromatic heterocycles. The maximum absolute atomic E-state index is 12.1. The quantitative estimate of drug-likeness (QED) is 0.413. The third-order valence-corrected chi connectivity index (χ3v) is 4.07. The zero-order valence-corrected chi connectivity index (χ0v) is 16.5. The molecule has 0 heterocycles. The lowest BCUT2D eigenvalue weighted by molar-refractivity contribution is -0.118. The van der Waals surface area contributed by atoms with Crippen molar-refractivity contribution in [2.45, 2.75) is 0 Å². The average molecular weight is 410 g/mol. The van der Waals surface area contributed by atoms with Gasteiger partial charge in [0.05, 0.1) is 19.0 Å². The molecule has 6 nitrogen and oxygen atoms in total. The molecule has 148 valence electrons. The van der Waals surface area contributed by atoms with E-state index in [0.717, 1.165) is 11.3 Å². The fourth-order valence-electron chi connectivity index (χ4n) is 2.48. The monoisotopic (exact) mass is 409 g/mol. The zero-order chi connectivity index (χ0) is 20.5. The molecular formula is C22H20ClN3O3. The number of carbonyl (C=O) groups is 1. The van der Waals surface area contributed by atoms with Crippen molar-refractivity contribution in [3.05, 3.63) is 83.4 Å². The minimum absolute atomic E-state index is 0.161. The number of methoxy groups -OCH3 is 1. The van der Waals surface area contributed by atoms with Crippen molar-refractivity contribution in [2.24, 2.45) is 5.10 Å². The molecule has 2 N–H and O–H groups in total. The average Bonchev–Trinajstić information content (AvgIpc) is 2.73. The van der Waals surface area contributed by atoms with Crippen LogP contribution >= 0.6 is 11.6 Å². The summed E-state index contributed by atoms with van der Waals surface area (Å²) in [6.45, 7) is -0.161. The first-order valence-electron chi connectivity index (χ1n) is 8.84. The van der Waals surface area contributed by atoms with Gasteiger partial charge in [-0.25, -0.2) is 0 Å². The van der Waals surface area contributed by atoms with E-state index in [0.29, 0.717) is 22.2 Å². The van der Waals surface area contributed by atoms with E-state index in [-0.39, 0.29) is 12.5 Å². The number of para-hydroxylation sites is 1. The zero-order valence-electron chi connectivity index (χ0n) is 15.8. The Kier molecular flexibility index (Phi) is 7.08. The molecule has 0 fully saturated rings. The van der Waals surface area contributed by atoms with Crippen LogP contribution in [-0.2, 0) is 4.79 Å². The molecular weight excluding hydrogens is 390 g/mol. The predicted molar refractivity (Wildman–Crippen MR) is 116 cm³/mol. The summed E-state index contributed by atoms with van der Waals surface area (Å²) in [6.07, 6.45) is 1.67. The summed E-state index contributed by atoms with van der Waals surface area (Å²) in [4.78, 5) is 12.1. The van der Waals surface area contributed by atoms with Gasteiger partial charge in [0.2, 0.25) is 0 Å². The van der Waals surface area contributed by atoms with Crippen LogP contribution in [0.1, 0.15) is 5.56 Å². The molecule has 0 saturated carbocycles. The number of hydrazone groups is 1. The third-order valence-electron chi connectivity index (χ3n) is 3.84. The number of hydrogen-bond donors (Lipinski definition) is 2. The highest BCUT2D eigenvalue weighted by Crippen LogP contribution is 2.27. The summed E-state index contributed by atoms with van der Waals surface area (Å²) in [5, 5.41) is 7.47. The van der Waals surface area contributed by atoms with Crippen molar-refractivity contribution >= 4 is 35.1 Å². The van der Waals surface area contributed by atoms with Crippen molar-refractivity contribution in [1.82, 2.24) is 0 Å². The van der Waals surface area contributed by atoms with Crippen molar-refractivity contribution in [3.8, 4) is 11.5 Å². The van der Waals surface area contributed by atoms with Gasteiger partial charge >= 0.3 is 0 Å². The van der Waals surface area contributed by atoms with Gasteiger partial charge in [0, 0.05) is 10.7 Å². The smallest absolute Gasteiger partial charge is 0.262 e. The van der Waals surface area contributed by atoms with E-state index < -0.39 is 0 Å². The van der Waals surface area contributed by atoms with Gasteiger partial charge in [0.25, 0.3) is 5.91 Å². The molecule has 29 heavy (non-hydrogen) atoms. The first-order valence-corrected chi connectivity index (χ1v) is 9.22. The Morgan fingerprint density at radius 2 is 1.79 bits per heavy atom. The van der Waals surface area contributed by atoms with E-state index in [2.05, 4.69) is 15.8 Å². The van der Waals surface area contributed by atoms with Crippen LogP contribution in [-0.4, -0.2) is 25.8 Å². The topological polar surface area (TPSA) is 71.9 Å². The van der Waals surface area contributed by atoms with Gasteiger partial charge in [-0.1, -0.05) is 35.9 Å². The van der Waals surface area contributed by atoms with Crippen molar-refractivity contribution < 1.29 is 14.3 Å². The Bertz CT molecular complexity index is 994. The largest absolute Gasteiger partial charge is 0.493 e. The Morgan fingerprint density at radius 3 is 2.55 bits per heavy atom. The van der Waals surface area contributed by atoms with Gasteiger partial charge in [-0.2, -0.15) is 5.10 Å². The number of rotatable bonds is 8. The molecule has 0 bridgehead atoms. The van der Waals surface area contributed by atoms with Crippen molar-refractivity contribution in [1.29, 1.82) is 0 Å². The van der Waals surface area contributed by atoms with Gasteiger partial charge < -0.3 is 14.8 Å². The number of benzene rings is 3. The Morgan fingerprint density at radius 1 is 1.00 bits per heavy atom. The van der Waals surface area contributed by atoms with Crippen LogP contribution in [0.25, 0.3) is 0 Å². The molecule has 0 saturated heterocycles. The summed E-state index contributed by atoms with van der Waals surface area (Å²) in [6, 6.07) is 21.9. The molecule has 3 aromatic rings. The van der Waals surface area contributed by atoms with Gasteiger partial charge in [0.15, 0.2) is 18.1 Å². The third kappa shape index (κ3) is 6.26. The van der Waals surface area contributed by atoms with Gasteiger partial charge in [-0.3, -0.25) is 10.2 Å². The fourth-order valence-corrected chi connectivity index (χ4v) is 2.67. The van der Waals surface area contributed by atoms with Crippen molar-refractivity contribution in [3.63, 3.8) is 0 Å². The second kappa shape index (κ2) is 10.1. The lowest BCUT2D eigenvalue weighted by Crippen LogP contribution is -2.20. The van der Waals surface area contributed by atoms with E-state index >= 15 is 0 Å². The number of halogens is 1. The summed E-state index contributed by atoms with van der Waals surface area (Å²) in [7, 11) is 1.54. The normalized spacial score (nSPS) is 10.6. The van der Waals surface area contributed by atoms with Crippen LogP contribution in [0.2, 0.25) is 5.02 Å². The SMILES string of the molecule is COc1cc(/C=N\Nc2ccccc2)ccc1OCC(=O)Nc1cccc(Cl)c1. The minimum Gasteiger partial charge on any atom is -0.493 e. The second-order valence-corrected chi connectivity index (χ2v) is 6.43. The number of nitrogens with zero attached hydrogens (tertiary/aromatic N) is 1. The highest BCUT2D eigenvalue weighted by Gasteiger charge is 2.09. The fraction of sp³-hybridized carbons (Fsp3) is 0.0909. The molecule has 0 atom stereocenters. The first kappa shape index (κ1) is 20.2. The van der Waals surface area contributed by atoms with Crippen LogP contribution in [0.5, 0.6) is 11.5 Å². The molecule has 0 radical (unpaired) electrons. The molecule has 1 amide bonds. The Balaban J connectivity index is 1.57. The standard InChI is InChI=1S/C22H20ClN3O3/c1-28-21-12-16(14-24-26-18-7-3-2-4-8-18)10-11-20(21)29-15-22(27)25-19-9-5-6-17(23)13-19/h2-14,26H,15H2,1H3,(H,25,27)/b24-14-. The van der Waals surface area contributed by atoms with Crippen molar-refractivity contribution in [2.75, 3.05) is 24.5 Å². The Hall–Kier alpha value is -3.51. The van der Waals surface area contributed by atoms with Gasteiger partial charge in [-0.15, -0.1) is 0 Å². The highest BCUT2D eigenvalue weighted by atomic mass is 35.5. The van der Waals surface area contributed by atoms with E-state index in [1.165, 1.54) is 7.11 Å². The first-order chi connectivity index (χ1) is 14.1. The van der Waals surface area contributed by atoms with Crippen LogP contribution in [0, 0.1) is 0 Å². The molecule has 3 rings (SSSR count). The number of hydrogen-bond acceptors (Lipinski definition) is 5. The van der Waals surface area contributed by atoms with E-state index in [9.17, 15) is 4.79 Å². The molecule has 0 aliphatic carbocycles.